The number of hydrogen-bond acceptors (Lipinski definition) is 4. The molecular formula is C16H18N2O3. The lowest BCUT2D eigenvalue weighted by atomic mass is 10.1. The van der Waals surface area contributed by atoms with Crippen molar-refractivity contribution < 1.29 is 9.66 Å². The van der Waals surface area contributed by atoms with Gasteiger partial charge in [-0.1, -0.05) is 36.4 Å². The molecule has 0 unspecified atom stereocenters. The van der Waals surface area contributed by atoms with Gasteiger partial charge in [-0.05, 0) is 24.1 Å². The molecule has 0 bridgehead atoms. The lowest BCUT2D eigenvalue weighted by molar-refractivity contribution is -0.384. The molecule has 0 spiro atoms. The van der Waals surface area contributed by atoms with Crippen LogP contribution in [0.2, 0.25) is 0 Å². The zero-order valence-electron chi connectivity index (χ0n) is 11.9. The maximum atomic E-state index is 10.9. The molecule has 0 aliphatic rings. The van der Waals surface area contributed by atoms with Crippen molar-refractivity contribution in [2.45, 2.75) is 20.1 Å². The fourth-order valence-electron chi connectivity index (χ4n) is 1.95. The van der Waals surface area contributed by atoms with Gasteiger partial charge in [0.1, 0.15) is 5.69 Å². The van der Waals surface area contributed by atoms with Gasteiger partial charge in [0.15, 0.2) is 0 Å². The topological polar surface area (TPSA) is 64.4 Å². The first-order valence-electron chi connectivity index (χ1n) is 6.83. The molecule has 1 N–H and O–H groups in total. The highest BCUT2D eigenvalue weighted by atomic mass is 16.6. The van der Waals surface area contributed by atoms with Gasteiger partial charge in [0.2, 0.25) is 0 Å². The van der Waals surface area contributed by atoms with Crippen LogP contribution in [0.15, 0.2) is 48.5 Å². The molecule has 0 fully saturated rings. The molecule has 0 radical (unpaired) electrons. The van der Waals surface area contributed by atoms with E-state index in [2.05, 4.69) is 5.32 Å². The second-order valence-corrected chi connectivity index (χ2v) is 4.58. The monoisotopic (exact) mass is 286 g/mol. The number of rotatable bonds is 7. The fraction of sp³-hybridized carbons (Fsp3) is 0.250. The van der Waals surface area contributed by atoms with E-state index in [0.29, 0.717) is 25.4 Å². The summed E-state index contributed by atoms with van der Waals surface area (Å²) in [7, 11) is 0. The van der Waals surface area contributed by atoms with Crippen LogP contribution >= 0.6 is 0 Å². The first-order chi connectivity index (χ1) is 10.2. The van der Waals surface area contributed by atoms with Crippen molar-refractivity contribution in [1.82, 2.24) is 0 Å². The fourth-order valence-corrected chi connectivity index (χ4v) is 1.95. The van der Waals surface area contributed by atoms with Crippen LogP contribution in [0.3, 0.4) is 0 Å². The standard InChI is InChI=1S/C16H18N2O3/c1-2-21-12-14-9-7-13(8-10-14)11-17-15-5-3-4-6-16(15)18(19)20/h3-10,17H,2,11-12H2,1H3. The third-order valence-corrected chi connectivity index (χ3v) is 3.08. The highest BCUT2D eigenvalue weighted by Crippen LogP contribution is 2.23. The Morgan fingerprint density at radius 2 is 1.76 bits per heavy atom. The number of benzene rings is 2. The van der Waals surface area contributed by atoms with Crippen LogP contribution in [0, 0.1) is 10.1 Å². The predicted molar refractivity (Wildman–Crippen MR) is 82.2 cm³/mol. The molecule has 0 heterocycles. The van der Waals surface area contributed by atoms with Crippen LogP contribution in [0.4, 0.5) is 11.4 Å². The van der Waals surface area contributed by atoms with E-state index in [0.717, 1.165) is 11.1 Å². The Balaban J connectivity index is 1.98. The van der Waals surface area contributed by atoms with Crippen LogP contribution in [0.5, 0.6) is 0 Å². The molecule has 0 aliphatic carbocycles. The lowest BCUT2D eigenvalue weighted by Crippen LogP contribution is -2.02. The van der Waals surface area contributed by atoms with E-state index < -0.39 is 0 Å². The van der Waals surface area contributed by atoms with E-state index in [1.807, 2.05) is 31.2 Å². The predicted octanol–water partition coefficient (Wildman–Crippen LogP) is 3.74. The maximum Gasteiger partial charge on any atom is 0.292 e. The molecule has 2 aromatic carbocycles. The smallest absolute Gasteiger partial charge is 0.292 e. The largest absolute Gasteiger partial charge is 0.377 e. The number of nitrogens with zero attached hydrogens (tertiary/aromatic N) is 1. The van der Waals surface area contributed by atoms with Crippen molar-refractivity contribution in [3.63, 3.8) is 0 Å². The summed E-state index contributed by atoms with van der Waals surface area (Å²) in [5.41, 5.74) is 2.80. The summed E-state index contributed by atoms with van der Waals surface area (Å²) in [6.07, 6.45) is 0. The first-order valence-corrected chi connectivity index (χ1v) is 6.83. The third-order valence-electron chi connectivity index (χ3n) is 3.08. The molecule has 0 saturated carbocycles. The third kappa shape index (κ3) is 4.29. The lowest BCUT2D eigenvalue weighted by Gasteiger charge is -2.08. The molecule has 0 saturated heterocycles. The van der Waals surface area contributed by atoms with Crippen molar-refractivity contribution in [2.24, 2.45) is 0 Å². The van der Waals surface area contributed by atoms with Crippen molar-refractivity contribution in [2.75, 3.05) is 11.9 Å². The number of nitro benzene ring substituents is 1. The minimum Gasteiger partial charge on any atom is -0.377 e. The molecule has 5 nitrogen and oxygen atoms in total. The Morgan fingerprint density at radius 3 is 2.43 bits per heavy atom. The molecule has 2 aromatic rings. The van der Waals surface area contributed by atoms with Crippen LogP contribution in [-0.2, 0) is 17.9 Å². The Bertz CT molecular complexity index is 597. The van der Waals surface area contributed by atoms with Gasteiger partial charge in [-0.25, -0.2) is 0 Å². The molecule has 0 aromatic heterocycles. The molecular weight excluding hydrogens is 268 g/mol. The van der Waals surface area contributed by atoms with Crippen molar-refractivity contribution >= 4 is 11.4 Å². The summed E-state index contributed by atoms with van der Waals surface area (Å²) < 4.78 is 5.34. The van der Waals surface area contributed by atoms with E-state index in [-0.39, 0.29) is 10.6 Å². The van der Waals surface area contributed by atoms with E-state index in [9.17, 15) is 10.1 Å². The molecule has 110 valence electrons. The summed E-state index contributed by atoms with van der Waals surface area (Å²) in [5.74, 6) is 0. The maximum absolute atomic E-state index is 10.9. The number of nitro groups is 1. The van der Waals surface area contributed by atoms with E-state index in [1.165, 1.54) is 6.07 Å². The molecule has 0 atom stereocenters. The van der Waals surface area contributed by atoms with Gasteiger partial charge < -0.3 is 10.1 Å². The second kappa shape index (κ2) is 7.40. The van der Waals surface area contributed by atoms with Gasteiger partial charge in [-0.2, -0.15) is 0 Å². The minimum atomic E-state index is -0.381. The SMILES string of the molecule is CCOCc1ccc(CNc2ccccc2[N+](=O)[O-])cc1. The van der Waals surface area contributed by atoms with Gasteiger partial charge in [-0.15, -0.1) is 0 Å². The molecule has 21 heavy (non-hydrogen) atoms. The molecule has 0 aliphatic heterocycles. The Labute approximate surface area is 123 Å². The molecule has 2 rings (SSSR count). The van der Waals surface area contributed by atoms with Crippen molar-refractivity contribution in [3.8, 4) is 0 Å². The van der Waals surface area contributed by atoms with Gasteiger partial charge in [0.05, 0.1) is 11.5 Å². The van der Waals surface area contributed by atoms with Crippen LogP contribution in [0.1, 0.15) is 18.1 Å². The number of nitrogens with one attached hydrogen (secondary N) is 1. The number of ether oxygens (including phenoxy) is 1. The minimum absolute atomic E-state index is 0.0884. The summed E-state index contributed by atoms with van der Waals surface area (Å²) in [6, 6.07) is 14.6. The van der Waals surface area contributed by atoms with Crippen molar-refractivity contribution in [1.29, 1.82) is 0 Å². The quantitative estimate of drug-likeness (QED) is 0.622. The van der Waals surface area contributed by atoms with Crippen LogP contribution in [0.25, 0.3) is 0 Å². The summed E-state index contributed by atoms with van der Waals surface area (Å²) in [4.78, 5) is 10.5. The van der Waals surface area contributed by atoms with Gasteiger partial charge in [0.25, 0.3) is 5.69 Å². The van der Waals surface area contributed by atoms with E-state index in [1.54, 1.807) is 18.2 Å². The van der Waals surface area contributed by atoms with Crippen LogP contribution < -0.4 is 5.32 Å². The molecule has 0 amide bonds. The summed E-state index contributed by atoms with van der Waals surface area (Å²) in [6.45, 7) is 3.81. The Hall–Kier alpha value is -2.40. The normalized spacial score (nSPS) is 10.3. The average molecular weight is 286 g/mol. The summed E-state index contributed by atoms with van der Waals surface area (Å²) >= 11 is 0. The summed E-state index contributed by atoms with van der Waals surface area (Å²) in [5, 5.41) is 14.0. The van der Waals surface area contributed by atoms with E-state index in [4.69, 9.17) is 4.74 Å². The highest BCUT2D eigenvalue weighted by molar-refractivity contribution is 5.61. The average Bonchev–Trinajstić information content (AvgIpc) is 2.52. The Kier molecular flexibility index (Phi) is 5.29. The first kappa shape index (κ1) is 15.0. The van der Waals surface area contributed by atoms with Gasteiger partial charge in [-0.3, -0.25) is 10.1 Å². The van der Waals surface area contributed by atoms with Crippen molar-refractivity contribution in [3.05, 3.63) is 69.8 Å². The number of para-hydroxylation sites is 2. The molecule has 5 heteroatoms. The highest BCUT2D eigenvalue weighted by Gasteiger charge is 2.11. The van der Waals surface area contributed by atoms with E-state index >= 15 is 0 Å². The number of hydrogen-bond donors (Lipinski definition) is 1. The second-order valence-electron chi connectivity index (χ2n) is 4.58. The Morgan fingerprint density at radius 1 is 1.10 bits per heavy atom. The number of anilines is 1. The zero-order valence-corrected chi connectivity index (χ0v) is 11.9. The zero-order chi connectivity index (χ0) is 15.1. The van der Waals surface area contributed by atoms with Crippen LogP contribution in [-0.4, -0.2) is 11.5 Å². The van der Waals surface area contributed by atoms with Gasteiger partial charge >= 0.3 is 0 Å². The van der Waals surface area contributed by atoms with Gasteiger partial charge in [0, 0.05) is 19.2 Å².